The second-order valence-corrected chi connectivity index (χ2v) is 6.64. The molecule has 3 aromatic rings. The van der Waals surface area contributed by atoms with E-state index in [1.807, 2.05) is 78.9 Å². The average molecular weight is 376 g/mol. The molecule has 0 aliphatic heterocycles. The topological polar surface area (TPSA) is 29.4 Å². The van der Waals surface area contributed by atoms with Crippen LogP contribution >= 0.6 is 15.9 Å². The minimum Gasteiger partial charge on any atom is -0.293 e. The summed E-state index contributed by atoms with van der Waals surface area (Å²) in [6.07, 6.45) is 0. The van der Waals surface area contributed by atoms with Gasteiger partial charge < -0.3 is 0 Å². The average Bonchev–Trinajstić information content (AvgIpc) is 2.90. The summed E-state index contributed by atoms with van der Waals surface area (Å²) in [5, 5.41) is 0. The molecule has 1 aliphatic rings. The Morgan fingerprint density at radius 2 is 1.38 bits per heavy atom. The fourth-order valence-electron chi connectivity index (χ4n) is 3.09. The molecule has 0 radical (unpaired) electrons. The summed E-state index contributed by atoms with van der Waals surface area (Å²) >= 11 is 3.44. The molecule has 0 saturated heterocycles. The Morgan fingerprint density at radius 3 is 2.08 bits per heavy atom. The minimum absolute atomic E-state index is 0.118. The van der Waals surface area contributed by atoms with Crippen molar-refractivity contribution in [3.05, 3.63) is 100 Å². The summed E-state index contributed by atoms with van der Waals surface area (Å²) in [7, 11) is 0. The molecule has 0 N–H and O–H groups in total. The van der Waals surface area contributed by atoms with Crippen molar-refractivity contribution in [1.82, 2.24) is 0 Å². The van der Waals surface area contributed by atoms with Gasteiger partial charge in [-0.25, -0.2) is 0 Å². The second-order valence-electron chi connectivity index (χ2n) is 5.73. The highest BCUT2D eigenvalue weighted by atomic mass is 79.9. The van der Waals surface area contributed by atoms with Crippen LogP contribution in [0.15, 0.2) is 88.3 Å². The van der Waals surface area contributed by atoms with E-state index in [0.29, 0.717) is 0 Å². The second kappa shape index (κ2) is 6.17. The number of benzene rings is 3. The van der Waals surface area contributed by atoms with Crippen molar-refractivity contribution in [2.75, 3.05) is 0 Å². The van der Waals surface area contributed by atoms with Crippen LogP contribution < -0.4 is 0 Å². The van der Waals surface area contributed by atoms with Crippen molar-refractivity contribution in [2.45, 2.75) is 5.92 Å². The van der Waals surface area contributed by atoms with Crippen LogP contribution in [0.4, 0.5) is 5.69 Å². The predicted octanol–water partition coefficient (Wildman–Crippen LogP) is 5.55. The van der Waals surface area contributed by atoms with E-state index < -0.39 is 0 Å². The summed E-state index contributed by atoms with van der Waals surface area (Å²) in [6.45, 7) is 0. The Labute approximate surface area is 149 Å². The van der Waals surface area contributed by atoms with Crippen molar-refractivity contribution in [3.8, 4) is 0 Å². The molecule has 24 heavy (non-hydrogen) atoms. The lowest BCUT2D eigenvalue weighted by molar-refractivity contribution is 0.0988. The van der Waals surface area contributed by atoms with E-state index in [1.165, 1.54) is 0 Å². The number of nitrogens with zero attached hydrogens (tertiary/aromatic N) is 1. The number of carbonyl (C=O) groups excluding carboxylic acids is 1. The molecular formula is C21H14BrNO. The first-order valence-corrected chi connectivity index (χ1v) is 8.56. The van der Waals surface area contributed by atoms with Crippen LogP contribution in [0.2, 0.25) is 0 Å². The van der Waals surface area contributed by atoms with Gasteiger partial charge in [-0.15, -0.1) is 0 Å². The molecule has 1 atom stereocenters. The zero-order valence-corrected chi connectivity index (χ0v) is 14.4. The zero-order chi connectivity index (χ0) is 16.5. The fraction of sp³-hybridized carbons (Fsp3) is 0.0476. The van der Waals surface area contributed by atoms with E-state index in [4.69, 9.17) is 4.99 Å². The summed E-state index contributed by atoms with van der Waals surface area (Å²) < 4.78 is 1.01. The normalized spacial score (nSPS) is 18.0. The SMILES string of the molecule is O=C1c2ccccc2C(=Nc2ccc(Br)cc2)[C@H]1c1ccccc1. The van der Waals surface area contributed by atoms with Crippen LogP contribution in [0.25, 0.3) is 0 Å². The fourth-order valence-corrected chi connectivity index (χ4v) is 3.36. The molecule has 116 valence electrons. The molecule has 0 amide bonds. The van der Waals surface area contributed by atoms with Crippen LogP contribution in [0, 0.1) is 0 Å². The molecule has 0 spiro atoms. The van der Waals surface area contributed by atoms with Crippen LogP contribution in [0.5, 0.6) is 0 Å². The Bertz CT molecular complexity index is 930. The Balaban J connectivity index is 1.89. The molecule has 0 saturated carbocycles. The lowest BCUT2D eigenvalue weighted by Crippen LogP contribution is -2.13. The van der Waals surface area contributed by atoms with Gasteiger partial charge in [-0.1, -0.05) is 70.5 Å². The first-order valence-electron chi connectivity index (χ1n) is 7.77. The lowest BCUT2D eigenvalue weighted by atomic mass is 9.93. The largest absolute Gasteiger partial charge is 0.293 e. The summed E-state index contributed by atoms with van der Waals surface area (Å²) in [5.74, 6) is -0.222. The van der Waals surface area contributed by atoms with Crippen molar-refractivity contribution < 1.29 is 4.79 Å². The highest BCUT2D eigenvalue weighted by Gasteiger charge is 2.37. The third-order valence-electron chi connectivity index (χ3n) is 4.21. The first-order chi connectivity index (χ1) is 11.7. The van der Waals surface area contributed by atoms with E-state index in [0.717, 1.165) is 32.6 Å². The van der Waals surface area contributed by atoms with Gasteiger partial charge in [-0.3, -0.25) is 9.79 Å². The maximum atomic E-state index is 13.0. The van der Waals surface area contributed by atoms with Crippen molar-refractivity contribution in [1.29, 1.82) is 0 Å². The Hall–Kier alpha value is -2.52. The molecule has 0 fully saturated rings. The molecule has 0 heterocycles. The molecule has 0 bridgehead atoms. The third kappa shape index (κ3) is 2.61. The van der Waals surface area contributed by atoms with E-state index in [9.17, 15) is 4.79 Å². The van der Waals surface area contributed by atoms with Gasteiger partial charge in [0.15, 0.2) is 5.78 Å². The lowest BCUT2D eigenvalue weighted by Gasteiger charge is -2.11. The predicted molar refractivity (Wildman–Crippen MR) is 100 cm³/mol. The van der Waals surface area contributed by atoms with E-state index in [2.05, 4.69) is 15.9 Å². The van der Waals surface area contributed by atoms with E-state index in [-0.39, 0.29) is 11.7 Å². The van der Waals surface area contributed by atoms with Crippen LogP contribution in [-0.4, -0.2) is 11.5 Å². The van der Waals surface area contributed by atoms with Gasteiger partial charge in [-0.05, 0) is 29.8 Å². The number of rotatable bonds is 2. The molecule has 0 aromatic heterocycles. The molecule has 4 rings (SSSR count). The number of hydrogen-bond acceptors (Lipinski definition) is 2. The van der Waals surface area contributed by atoms with Gasteiger partial charge in [0.05, 0.1) is 17.3 Å². The quantitative estimate of drug-likeness (QED) is 0.577. The van der Waals surface area contributed by atoms with E-state index in [1.54, 1.807) is 0 Å². The molecule has 0 unspecified atom stereocenters. The van der Waals surface area contributed by atoms with Crippen LogP contribution in [0.1, 0.15) is 27.4 Å². The third-order valence-corrected chi connectivity index (χ3v) is 4.74. The number of aliphatic imine (C=N–C) groups is 1. The van der Waals surface area contributed by atoms with Gasteiger partial charge >= 0.3 is 0 Å². The van der Waals surface area contributed by atoms with Crippen molar-refractivity contribution in [3.63, 3.8) is 0 Å². The molecule has 3 heteroatoms. The molecule has 3 aromatic carbocycles. The number of ketones is 1. The Kier molecular flexibility index (Phi) is 3.87. The maximum Gasteiger partial charge on any atom is 0.176 e. The van der Waals surface area contributed by atoms with Gasteiger partial charge in [0.25, 0.3) is 0 Å². The smallest absolute Gasteiger partial charge is 0.176 e. The Morgan fingerprint density at radius 1 is 0.750 bits per heavy atom. The summed E-state index contributed by atoms with van der Waals surface area (Å²) in [6, 6.07) is 25.4. The van der Waals surface area contributed by atoms with Crippen LogP contribution in [-0.2, 0) is 0 Å². The first kappa shape index (κ1) is 15.0. The molecule has 2 nitrogen and oxygen atoms in total. The number of fused-ring (bicyclic) bond motifs is 1. The van der Waals surface area contributed by atoms with E-state index >= 15 is 0 Å². The minimum atomic E-state index is -0.341. The highest BCUT2D eigenvalue weighted by Crippen LogP contribution is 2.36. The zero-order valence-electron chi connectivity index (χ0n) is 12.8. The van der Waals surface area contributed by atoms with Crippen LogP contribution in [0.3, 0.4) is 0 Å². The van der Waals surface area contributed by atoms with Gasteiger partial charge in [0, 0.05) is 15.6 Å². The highest BCUT2D eigenvalue weighted by molar-refractivity contribution is 9.10. The molecular weight excluding hydrogens is 362 g/mol. The van der Waals surface area contributed by atoms with Crippen molar-refractivity contribution in [2.24, 2.45) is 4.99 Å². The number of Topliss-reactive ketones (excluding diaryl/α,β-unsaturated/α-hetero) is 1. The van der Waals surface area contributed by atoms with Gasteiger partial charge in [0.2, 0.25) is 0 Å². The van der Waals surface area contributed by atoms with Crippen molar-refractivity contribution >= 4 is 33.1 Å². The molecule has 1 aliphatic carbocycles. The standard InChI is InChI=1S/C21H14BrNO/c22-15-10-12-16(13-11-15)23-20-17-8-4-5-9-18(17)21(24)19(20)14-6-2-1-3-7-14/h1-13,19H/t19-/m1/s1. The summed E-state index contributed by atoms with van der Waals surface area (Å²) in [5.41, 5.74) is 4.33. The van der Waals surface area contributed by atoms with Gasteiger partial charge in [0.1, 0.15) is 0 Å². The number of halogens is 1. The summed E-state index contributed by atoms with van der Waals surface area (Å²) in [4.78, 5) is 17.8. The maximum absolute atomic E-state index is 13.0. The number of hydrogen-bond donors (Lipinski definition) is 0. The monoisotopic (exact) mass is 375 g/mol. The number of carbonyl (C=O) groups is 1. The van der Waals surface area contributed by atoms with Gasteiger partial charge in [-0.2, -0.15) is 0 Å².